The number of halogens is 1. The van der Waals surface area contributed by atoms with Gasteiger partial charge in [-0.1, -0.05) is 34.1 Å². The highest BCUT2D eigenvalue weighted by Crippen LogP contribution is 2.24. The number of rotatable bonds is 3. The van der Waals surface area contributed by atoms with E-state index in [4.69, 9.17) is 0 Å². The molecule has 4 heteroatoms. The summed E-state index contributed by atoms with van der Waals surface area (Å²) in [5.41, 5.74) is 2.09. The molecule has 1 heterocycles. The fourth-order valence-corrected chi connectivity index (χ4v) is 1.89. The Morgan fingerprint density at radius 1 is 1.19 bits per heavy atom. The van der Waals surface area contributed by atoms with Gasteiger partial charge >= 0.3 is 0 Å². The molecule has 0 fully saturated rings. The van der Waals surface area contributed by atoms with Gasteiger partial charge in [-0.05, 0) is 13.1 Å². The molecule has 0 saturated carbocycles. The molecule has 0 atom stereocenters. The number of hydrogen-bond acceptors (Lipinski definition) is 3. The van der Waals surface area contributed by atoms with E-state index in [9.17, 15) is 0 Å². The van der Waals surface area contributed by atoms with E-state index in [1.807, 2.05) is 43.7 Å². The van der Waals surface area contributed by atoms with Crippen LogP contribution < -0.4 is 5.32 Å². The summed E-state index contributed by atoms with van der Waals surface area (Å²) in [6.07, 6.45) is 3.69. The first-order chi connectivity index (χ1) is 7.81. The summed E-state index contributed by atoms with van der Waals surface area (Å²) in [5.74, 6) is 0.743. The number of nitrogens with one attached hydrogen (secondary N) is 1. The van der Waals surface area contributed by atoms with Crippen molar-refractivity contribution in [1.82, 2.24) is 15.3 Å². The lowest BCUT2D eigenvalue weighted by Crippen LogP contribution is -2.06. The molecule has 0 unspecified atom stereocenters. The third-order valence-corrected chi connectivity index (χ3v) is 2.89. The Kier molecular flexibility index (Phi) is 3.64. The number of benzene rings is 1. The van der Waals surface area contributed by atoms with E-state index in [2.05, 4.69) is 31.2 Å². The smallest absolute Gasteiger partial charge is 0.160 e. The first-order valence-electron chi connectivity index (χ1n) is 5.01. The molecule has 0 aliphatic carbocycles. The van der Waals surface area contributed by atoms with E-state index in [1.54, 1.807) is 0 Å². The first-order valence-corrected chi connectivity index (χ1v) is 5.81. The average Bonchev–Trinajstić information content (AvgIpc) is 2.31. The van der Waals surface area contributed by atoms with Gasteiger partial charge in [0.25, 0.3) is 0 Å². The molecular formula is C12H12BrN3. The third kappa shape index (κ3) is 2.46. The molecule has 2 aromatic rings. The predicted octanol–water partition coefficient (Wildman–Crippen LogP) is 2.63. The van der Waals surface area contributed by atoms with Crippen molar-refractivity contribution in [2.75, 3.05) is 7.05 Å². The van der Waals surface area contributed by atoms with Crippen molar-refractivity contribution < 1.29 is 0 Å². The van der Waals surface area contributed by atoms with Crippen LogP contribution in [0.3, 0.4) is 0 Å². The molecular weight excluding hydrogens is 266 g/mol. The van der Waals surface area contributed by atoms with E-state index in [0.29, 0.717) is 0 Å². The number of nitrogens with zero attached hydrogens (tertiary/aromatic N) is 2. The monoisotopic (exact) mass is 277 g/mol. The summed E-state index contributed by atoms with van der Waals surface area (Å²) in [6, 6.07) is 7.94. The standard InChI is InChI=1S/C12H12BrN3/c1-14-6-9-7-15-12(16-8-9)10-4-2-3-5-11(10)13/h2-5,7-8,14H,6H2,1H3. The summed E-state index contributed by atoms with van der Waals surface area (Å²) in [6.45, 7) is 0.788. The van der Waals surface area contributed by atoms with Crippen molar-refractivity contribution in [3.63, 3.8) is 0 Å². The zero-order chi connectivity index (χ0) is 11.4. The summed E-state index contributed by atoms with van der Waals surface area (Å²) in [7, 11) is 1.90. The molecule has 0 radical (unpaired) electrons. The van der Waals surface area contributed by atoms with Crippen molar-refractivity contribution in [2.24, 2.45) is 0 Å². The van der Waals surface area contributed by atoms with Gasteiger partial charge < -0.3 is 5.32 Å². The Labute approximate surface area is 103 Å². The van der Waals surface area contributed by atoms with Crippen molar-refractivity contribution in [3.05, 3.63) is 46.7 Å². The van der Waals surface area contributed by atoms with E-state index < -0.39 is 0 Å². The summed E-state index contributed by atoms with van der Waals surface area (Å²) in [4.78, 5) is 8.69. The van der Waals surface area contributed by atoms with E-state index in [1.165, 1.54) is 0 Å². The first kappa shape index (κ1) is 11.2. The minimum Gasteiger partial charge on any atom is -0.316 e. The molecule has 82 valence electrons. The molecule has 3 nitrogen and oxygen atoms in total. The Balaban J connectivity index is 2.31. The Morgan fingerprint density at radius 3 is 2.50 bits per heavy atom. The fraction of sp³-hybridized carbons (Fsp3) is 0.167. The van der Waals surface area contributed by atoms with Crippen molar-refractivity contribution >= 4 is 15.9 Å². The topological polar surface area (TPSA) is 37.8 Å². The van der Waals surface area contributed by atoms with Gasteiger partial charge in [-0.2, -0.15) is 0 Å². The number of aromatic nitrogens is 2. The second kappa shape index (κ2) is 5.18. The van der Waals surface area contributed by atoms with Crippen LogP contribution in [0.4, 0.5) is 0 Å². The molecule has 1 N–H and O–H groups in total. The van der Waals surface area contributed by atoms with Crippen LogP contribution >= 0.6 is 15.9 Å². The van der Waals surface area contributed by atoms with Crippen molar-refractivity contribution in [1.29, 1.82) is 0 Å². The molecule has 1 aromatic carbocycles. The van der Waals surface area contributed by atoms with Crippen LogP contribution in [0.25, 0.3) is 11.4 Å². The lowest BCUT2D eigenvalue weighted by molar-refractivity contribution is 0.807. The van der Waals surface area contributed by atoms with E-state index in [0.717, 1.165) is 28.0 Å². The minimum atomic E-state index is 0.743. The van der Waals surface area contributed by atoms with Crippen LogP contribution in [-0.4, -0.2) is 17.0 Å². The van der Waals surface area contributed by atoms with E-state index in [-0.39, 0.29) is 0 Å². The van der Waals surface area contributed by atoms with Crippen molar-refractivity contribution in [2.45, 2.75) is 6.54 Å². The highest BCUT2D eigenvalue weighted by molar-refractivity contribution is 9.10. The molecule has 0 amide bonds. The summed E-state index contributed by atoms with van der Waals surface area (Å²) in [5, 5.41) is 3.07. The maximum Gasteiger partial charge on any atom is 0.160 e. The SMILES string of the molecule is CNCc1cnc(-c2ccccc2Br)nc1. The quantitative estimate of drug-likeness (QED) is 0.937. The lowest BCUT2D eigenvalue weighted by Gasteiger charge is -2.03. The molecule has 0 bridgehead atoms. The summed E-state index contributed by atoms with van der Waals surface area (Å²) >= 11 is 3.49. The molecule has 0 aliphatic heterocycles. The highest BCUT2D eigenvalue weighted by Gasteiger charge is 2.04. The second-order valence-electron chi connectivity index (χ2n) is 3.43. The third-order valence-electron chi connectivity index (χ3n) is 2.20. The fourth-order valence-electron chi connectivity index (χ4n) is 1.43. The highest BCUT2D eigenvalue weighted by atomic mass is 79.9. The Morgan fingerprint density at radius 2 is 1.88 bits per heavy atom. The van der Waals surface area contributed by atoms with Crippen LogP contribution in [-0.2, 0) is 6.54 Å². The molecule has 1 aromatic heterocycles. The molecule has 0 aliphatic rings. The molecule has 0 spiro atoms. The van der Waals surface area contributed by atoms with Crippen LogP contribution in [0.5, 0.6) is 0 Å². The zero-order valence-corrected chi connectivity index (χ0v) is 10.5. The van der Waals surface area contributed by atoms with E-state index >= 15 is 0 Å². The van der Waals surface area contributed by atoms with Gasteiger partial charge in [0, 0.05) is 34.5 Å². The predicted molar refractivity (Wildman–Crippen MR) is 67.9 cm³/mol. The normalized spacial score (nSPS) is 10.4. The van der Waals surface area contributed by atoms with Crippen LogP contribution in [0.2, 0.25) is 0 Å². The van der Waals surface area contributed by atoms with Gasteiger partial charge in [-0.3, -0.25) is 0 Å². The molecule has 16 heavy (non-hydrogen) atoms. The maximum atomic E-state index is 4.35. The van der Waals surface area contributed by atoms with Crippen molar-refractivity contribution in [3.8, 4) is 11.4 Å². The lowest BCUT2D eigenvalue weighted by atomic mass is 10.2. The maximum absolute atomic E-state index is 4.35. The van der Waals surface area contributed by atoms with Gasteiger partial charge in [-0.15, -0.1) is 0 Å². The summed E-state index contributed by atoms with van der Waals surface area (Å²) < 4.78 is 1.01. The van der Waals surface area contributed by atoms with Gasteiger partial charge in [-0.25, -0.2) is 9.97 Å². The van der Waals surface area contributed by atoms with Gasteiger partial charge in [0.2, 0.25) is 0 Å². The number of hydrogen-bond donors (Lipinski definition) is 1. The molecule has 0 saturated heterocycles. The zero-order valence-electron chi connectivity index (χ0n) is 8.94. The van der Waals surface area contributed by atoms with Gasteiger partial charge in [0.1, 0.15) is 0 Å². The van der Waals surface area contributed by atoms with Crippen LogP contribution in [0.1, 0.15) is 5.56 Å². The minimum absolute atomic E-state index is 0.743. The van der Waals surface area contributed by atoms with Crippen LogP contribution in [0.15, 0.2) is 41.1 Å². The Hall–Kier alpha value is -1.26. The van der Waals surface area contributed by atoms with Gasteiger partial charge in [0.05, 0.1) is 0 Å². The van der Waals surface area contributed by atoms with Crippen LogP contribution in [0, 0.1) is 0 Å². The second-order valence-corrected chi connectivity index (χ2v) is 4.28. The largest absolute Gasteiger partial charge is 0.316 e. The molecule has 2 rings (SSSR count). The van der Waals surface area contributed by atoms with Gasteiger partial charge in [0.15, 0.2) is 5.82 Å². The Bertz CT molecular complexity index is 468. The average molecular weight is 278 g/mol.